The number of rotatable bonds is 3. The van der Waals surface area contributed by atoms with Crippen molar-refractivity contribution in [3.8, 4) is 5.69 Å². The molecule has 0 fully saturated rings. The fourth-order valence-electron chi connectivity index (χ4n) is 1.56. The van der Waals surface area contributed by atoms with E-state index in [0.717, 1.165) is 12.1 Å². The maximum atomic E-state index is 12.8. The van der Waals surface area contributed by atoms with Crippen molar-refractivity contribution >= 4 is 0 Å². The van der Waals surface area contributed by atoms with E-state index in [1.54, 1.807) is 16.8 Å². The summed E-state index contributed by atoms with van der Waals surface area (Å²) in [6.45, 7) is 4.33. The van der Waals surface area contributed by atoms with Crippen molar-refractivity contribution in [1.82, 2.24) is 9.78 Å². The molecule has 0 saturated carbocycles. The second kappa shape index (κ2) is 4.47. The van der Waals surface area contributed by atoms with Crippen molar-refractivity contribution in [3.05, 3.63) is 48.0 Å². The Morgan fingerprint density at radius 1 is 1.31 bits per heavy atom. The summed E-state index contributed by atoms with van der Waals surface area (Å²) in [5.41, 5.74) is 2.10. The fraction of sp³-hybridized carbons (Fsp3) is 0.308. The first-order chi connectivity index (χ1) is 7.70. The number of benzene rings is 1. The third-order valence-corrected chi connectivity index (χ3v) is 2.88. The summed E-state index contributed by atoms with van der Waals surface area (Å²) in [4.78, 5) is 0. The van der Waals surface area contributed by atoms with E-state index in [1.807, 2.05) is 12.4 Å². The summed E-state index contributed by atoms with van der Waals surface area (Å²) in [6.07, 6.45) is 4.97. The quantitative estimate of drug-likeness (QED) is 0.770. The van der Waals surface area contributed by atoms with Crippen molar-refractivity contribution < 1.29 is 4.39 Å². The van der Waals surface area contributed by atoms with Crippen molar-refractivity contribution in [2.24, 2.45) is 0 Å². The Bertz CT molecular complexity index is 459. The van der Waals surface area contributed by atoms with E-state index < -0.39 is 0 Å². The number of hydrogen-bond acceptors (Lipinski definition) is 1. The zero-order chi connectivity index (χ0) is 11.5. The Kier molecular flexibility index (Phi) is 3.04. The van der Waals surface area contributed by atoms with Gasteiger partial charge in [-0.15, -0.1) is 0 Å². The highest BCUT2D eigenvalue weighted by Gasteiger charge is 2.06. The molecule has 0 bridgehead atoms. The van der Waals surface area contributed by atoms with E-state index in [-0.39, 0.29) is 5.82 Å². The van der Waals surface area contributed by atoms with Crippen molar-refractivity contribution in [3.63, 3.8) is 0 Å². The Hall–Kier alpha value is -1.64. The van der Waals surface area contributed by atoms with Gasteiger partial charge in [0, 0.05) is 6.20 Å². The molecule has 1 atom stereocenters. The average Bonchev–Trinajstić information content (AvgIpc) is 2.78. The predicted molar refractivity (Wildman–Crippen MR) is 62.2 cm³/mol. The van der Waals surface area contributed by atoms with E-state index in [1.165, 1.54) is 17.7 Å². The highest BCUT2D eigenvalue weighted by atomic mass is 19.1. The van der Waals surface area contributed by atoms with Gasteiger partial charge in [0.1, 0.15) is 5.82 Å². The molecule has 0 saturated heterocycles. The van der Waals surface area contributed by atoms with Gasteiger partial charge in [-0.1, -0.05) is 13.8 Å². The van der Waals surface area contributed by atoms with Gasteiger partial charge in [0.25, 0.3) is 0 Å². The van der Waals surface area contributed by atoms with E-state index in [0.29, 0.717) is 5.92 Å². The first-order valence-electron chi connectivity index (χ1n) is 5.51. The van der Waals surface area contributed by atoms with Gasteiger partial charge in [-0.05, 0) is 42.2 Å². The third kappa shape index (κ3) is 2.13. The van der Waals surface area contributed by atoms with Crippen molar-refractivity contribution in [2.45, 2.75) is 26.2 Å². The van der Waals surface area contributed by atoms with Crippen LogP contribution in [-0.2, 0) is 0 Å². The number of aromatic nitrogens is 2. The molecule has 0 aliphatic carbocycles. The van der Waals surface area contributed by atoms with E-state index in [4.69, 9.17) is 0 Å². The molecule has 0 amide bonds. The largest absolute Gasteiger partial charge is 0.241 e. The first kappa shape index (κ1) is 10.9. The van der Waals surface area contributed by atoms with Crippen LogP contribution < -0.4 is 0 Å². The molecule has 0 spiro atoms. The Labute approximate surface area is 94.7 Å². The van der Waals surface area contributed by atoms with Crippen LogP contribution in [0.2, 0.25) is 0 Å². The van der Waals surface area contributed by atoms with Crippen LogP contribution in [0, 0.1) is 5.82 Å². The topological polar surface area (TPSA) is 17.8 Å². The van der Waals surface area contributed by atoms with Gasteiger partial charge < -0.3 is 0 Å². The average molecular weight is 218 g/mol. The molecule has 1 unspecified atom stereocenters. The molecule has 1 aromatic carbocycles. The highest BCUT2D eigenvalue weighted by molar-refractivity contribution is 5.31. The molecule has 0 radical (unpaired) electrons. The van der Waals surface area contributed by atoms with Gasteiger partial charge >= 0.3 is 0 Å². The van der Waals surface area contributed by atoms with Crippen LogP contribution in [0.3, 0.4) is 0 Å². The standard InChI is InChI=1S/C13H15FN2/c1-3-10(2)11-8-15-16(9-11)13-6-4-12(14)5-7-13/h4-10H,3H2,1-2H3. The molecule has 16 heavy (non-hydrogen) atoms. The number of hydrogen-bond donors (Lipinski definition) is 0. The van der Waals surface area contributed by atoms with Gasteiger partial charge in [0.05, 0.1) is 11.9 Å². The third-order valence-electron chi connectivity index (χ3n) is 2.88. The maximum absolute atomic E-state index is 12.8. The second-order valence-corrected chi connectivity index (χ2v) is 4.00. The summed E-state index contributed by atoms with van der Waals surface area (Å²) < 4.78 is 14.5. The summed E-state index contributed by atoms with van der Waals surface area (Å²) in [5.74, 6) is 0.284. The van der Waals surface area contributed by atoms with Crippen LogP contribution in [0.15, 0.2) is 36.7 Å². The minimum Gasteiger partial charge on any atom is -0.241 e. The molecule has 0 aliphatic heterocycles. The van der Waals surface area contributed by atoms with Gasteiger partial charge in [0.15, 0.2) is 0 Å². The lowest BCUT2D eigenvalue weighted by Gasteiger charge is -2.03. The molecule has 2 aromatic rings. The van der Waals surface area contributed by atoms with Gasteiger partial charge in [0.2, 0.25) is 0 Å². The normalized spacial score (nSPS) is 12.7. The molecule has 3 heteroatoms. The molecule has 1 aromatic heterocycles. The van der Waals surface area contributed by atoms with Gasteiger partial charge in [-0.2, -0.15) is 5.10 Å². The number of halogens is 1. The Morgan fingerprint density at radius 3 is 2.62 bits per heavy atom. The molecule has 0 N–H and O–H groups in total. The monoisotopic (exact) mass is 218 g/mol. The van der Waals surface area contributed by atoms with Gasteiger partial charge in [-0.3, -0.25) is 0 Å². The molecular formula is C13H15FN2. The molecule has 2 rings (SSSR count). The predicted octanol–water partition coefficient (Wildman–Crippen LogP) is 3.52. The van der Waals surface area contributed by atoms with Crippen LogP contribution in [0.25, 0.3) is 5.69 Å². The van der Waals surface area contributed by atoms with E-state index >= 15 is 0 Å². The van der Waals surface area contributed by atoms with E-state index in [9.17, 15) is 4.39 Å². The van der Waals surface area contributed by atoms with Crippen LogP contribution in [0.4, 0.5) is 4.39 Å². The SMILES string of the molecule is CCC(C)c1cnn(-c2ccc(F)cc2)c1. The van der Waals surface area contributed by atoms with Crippen LogP contribution in [0.5, 0.6) is 0 Å². The smallest absolute Gasteiger partial charge is 0.123 e. The molecular weight excluding hydrogens is 203 g/mol. The summed E-state index contributed by atoms with van der Waals surface area (Å²) in [7, 11) is 0. The van der Waals surface area contributed by atoms with Crippen LogP contribution in [-0.4, -0.2) is 9.78 Å². The maximum Gasteiger partial charge on any atom is 0.123 e. The minimum absolute atomic E-state index is 0.224. The lowest BCUT2D eigenvalue weighted by Crippen LogP contribution is -1.94. The van der Waals surface area contributed by atoms with Crippen LogP contribution >= 0.6 is 0 Å². The van der Waals surface area contributed by atoms with Crippen molar-refractivity contribution in [2.75, 3.05) is 0 Å². The Morgan fingerprint density at radius 2 is 2.00 bits per heavy atom. The molecule has 0 aliphatic rings. The lowest BCUT2D eigenvalue weighted by molar-refractivity contribution is 0.627. The highest BCUT2D eigenvalue weighted by Crippen LogP contribution is 2.19. The summed E-state index contributed by atoms with van der Waals surface area (Å²) >= 11 is 0. The molecule has 1 heterocycles. The Balaban J connectivity index is 2.28. The number of nitrogens with zero attached hydrogens (tertiary/aromatic N) is 2. The summed E-state index contributed by atoms with van der Waals surface area (Å²) in [5, 5.41) is 4.28. The lowest BCUT2D eigenvalue weighted by atomic mass is 10.0. The van der Waals surface area contributed by atoms with Gasteiger partial charge in [-0.25, -0.2) is 9.07 Å². The zero-order valence-electron chi connectivity index (χ0n) is 9.52. The molecule has 2 nitrogen and oxygen atoms in total. The van der Waals surface area contributed by atoms with E-state index in [2.05, 4.69) is 18.9 Å². The van der Waals surface area contributed by atoms with Crippen LogP contribution in [0.1, 0.15) is 31.7 Å². The molecule has 84 valence electrons. The zero-order valence-corrected chi connectivity index (χ0v) is 9.52. The minimum atomic E-state index is -0.224. The second-order valence-electron chi connectivity index (χ2n) is 4.00. The fourth-order valence-corrected chi connectivity index (χ4v) is 1.56. The van der Waals surface area contributed by atoms with Crippen molar-refractivity contribution in [1.29, 1.82) is 0 Å². The first-order valence-corrected chi connectivity index (χ1v) is 5.51. The summed E-state index contributed by atoms with van der Waals surface area (Å²) in [6, 6.07) is 6.34.